The fraction of sp³-hybridized carbons (Fsp3) is 0.417. The highest BCUT2D eigenvalue weighted by Gasteiger charge is 2.36. The molecule has 9 heteroatoms. The number of rotatable bonds is 5. The number of nitro groups is 2. The second-order valence-electron chi connectivity index (χ2n) is 4.26. The molecule has 0 radical (unpaired) electrons. The van der Waals surface area contributed by atoms with E-state index in [2.05, 4.69) is 0 Å². The molecule has 112 valence electrons. The normalized spacial score (nSPS) is 10.0. The monoisotopic (exact) mass is 293 g/mol. The molecule has 0 amide bonds. The summed E-state index contributed by atoms with van der Waals surface area (Å²) in [4.78, 5) is 22.6. The molecule has 1 rings (SSSR count). The van der Waals surface area contributed by atoms with E-state index in [-0.39, 0.29) is 22.5 Å². The van der Waals surface area contributed by atoms with E-state index in [1.54, 1.807) is 19.9 Å². The molecule has 0 aromatic heterocycles. The third-order valence-corrected chi connectivity index (χ3v) is 3.26. The van der Waals surface area contributed by atoms with Crippen molar-refractivity contribution in [3.05, 3.63) is 31.4 Å². The minimum absolute atomic E-state index is 0.0347. The Labute approximate surface area is 120 Å². The van der Waals surface area contributed by atoms with Gasteiger partial charge in [0, 0.05) is 18.7 Å². The van der Waals surface area contributed by atoms with Crippen LogP contribution >= 0.6 is 0 Å². The number of hydrogen-bond donors (Lipinski definition) is 1. The molecule has 0 atom stereocenters. The lowest BCUT2D eigenvalue weighted by Crippen LogP contribution is -2.25. The van der Waals surface area contributed by atoms with Crippen molar-refractivity contribution in [2.24, 2.45) is 0 Å². The molecule has 9 nitrogen and oxygen atoms in total. The van der Waals surface area contributed by atoms with Crippen LogP contribution in [0.15, 0.2) is 0 Å². The Bertz CT molecular complexity index is 605. The van der Waals surface area contributed by atoms with E-state index >= 15 is 0 Å². The van der Waals surface area contributed by atoms with Crippen molar-refractivity contribution in [2.45, 2.75) is 20.8 Å². The van der Waals surface area contributed by atoms with E-state index in [1.165, 1.54) is 11.8 Å². The molecule has 0 fully saturated rings. The van der Waals surface area contributed by atoms with Crippen molar-refractivity contribution in [1.82, 2.24) is 0 Å². The summed E-state index contributed by atoms with van der Waals surface area (Å²) in [5.74, 6) is 0. The number of nitriles is 1. The minimum atomic E-state index is -0.781. The number of nitro benzene ring substituents is 2. The fourth-order valence-electron chi connectivity index (χ4n) is 2.25. The van der Waals surface area contributed by atoms with Gasteiger partial charge in [0.15, 0.2) is 5.69 Å². The zero-order valence-corrected chi connectivity index (χ0v) is 11.9. The first-order chi connectivity index (χ1) is 9.81. The van der Waals surface area contributed by atoms with Gasteiger partial charge in [-0.1, -0.05) is 0 Å². The number of hydrogen-bond acceptors (Lipinski definition) is 7. The molecule has 0 bridgehead atoms. The summed E-state index contributed by atoms with van der Waals surface area (Å²) in [5.41, 5.74) is 3.97. The van der Waals surface area contributed by atoms with E-state index in [1.807, 2.05) is 0 Å². The Kier molecular flexibility index (Phi) is 4.65. The topological polar surface area (TPSA) is 139 Å². The van der Waals surface area contributed by atoms with Gasteiger partial charge in [0.1, 0.15) is 11.8 Å². The number of benzene rings is 1. The van der Waals surface area contributed by atoms with Crippen LogP contribution < -0.4 is 10.6 Å². The van der Waals surface area contributed by atoms with Crippen molar-refractivity contribution in [2.75, 3.05) is 23.7 Å². The lowest BCUT2D eigenvalue weighted by Gasteiger charge is -2.22. The Morgan fingerprint density at radius 1 is 1.19 bits per heavy atom. The fourth-order valence-corrected chi connectivity index (χ4v) is 2.25. The van der Waals surface area contributed by atoms with Crippen molar-refractivity contribution in [3.63, 3.8) is 0 Å². The molecule has 0 aliphatic carbocycles. The predicted octanol–water partition coefficient (Wildman–Crippen LogP) is 2.11. The molecule has 0 spiro atoms. The lowest BCUT2D eigenvalue weighted by molar-refractivity contribution is -0.392. The molecule has 0 aliphatic rings. The van der Waals surface area contributed by atoms with Crippen LogP contribution in [-0.4, -0.2) is 22.9 Å². The highest BCUT2D eigenvalue weighted by Crippen LogP contribution is 2.46. The quantitative estimate of drug-likeness (QED) is 0.498. The van der Waals surface area contributed by atoms with Gasteiger partial charge in [0.05, 0.1) is 15.4 Å². The van der Waals surface area contributed by atoms with Crippen LogP contribution in [0, 0.1) is 38.5 Å². The first-order valence-electron chi connectivity index (χ1n) is 6.21. The highest BCUT2D eigenvalue weighted by molar-refractivity contribution is 5.89. The molecule has 1 aromatic rings. The molecule has 0 heterocycles. The van der Waals surface area contributed by atoms with Crippen LogP contribution in [0.1, 0.15) is 25.0 Å². The van der Waals surface area contributed by atoms with Gasteiger partial charge in [-0.25, -0.2) is 0 Å². The molecule has 21 heavy (non-hydrogen) atoms. The lowest BCUT2D eigenvalue weighted by atomic mass is 10.0. The van der Waals surface area contributed by atoms with Crippen LogP contribution in [0.5, 0.6) is 0 Å². The Balaban J connectivity index is 4.02. The molecule has 2 N–H and O–H groups in total. The summed E-state index contributed by atoms with van der Waals surface area (Å²) in [6, 6.07) is 1.70. The zero-order valence-electron chi connectivity index (χ0n) is 11.9. The third kappa shape index (κ3) is 2.55. The second kappa shape index (κ2) is 6.04. The van der Waals surface area contributed by atoms with Gasteiger partial charge in [-0.3, -0.25) is 20.2 Å². The summed E-state index contributed by atoms with van der Waals surface area (Å²) >= 11 is 0. The summed E-state index contributed by atoms with van der Waals surface area (Å²) in [7, 11) is 0. The van der Waals surface area contributed by atoms with E-state index in [9.17, 15) is 20.2 Å². The minimum Gasteiger partial charge on any atom is -0.392 e. The van der Waals surface area contributed by atoms with Gasteiger partial charge in [-0.2, -0.15) is 5.26 Å². The SMILES string of the molecule is CCN(CC)c1c([N+](=O)[O-])c(C)c(C#N)c(N)c1[N+](=O)[O-]. The average molecular weight is 293 g/mol. The van der Waals surface area contributed by atoms with Gasteiger partial charge < -0.3 is 10.6 Å². The maximum absolute atomic E-state index is 11.3. The van der Waals surface area contributed by atoms with Crippen LogP contribution in [-0.2, 0) is 0 Å². The van der Waals surface area contributed by atoms with Crippen LogP contribution in [0.4, 0.5) is 22.7 Å². The maximum atomic E-state index is 11.3. The molecule has 0 saturated carbocycles. The Morgan fingerprint density at radius 3 is 2.00 bits per heavy atom. The number of nitrogen functional groups attached to an aromatic ring is 1. The number of anilines is 2. The van der Waals surface area contributed by atoms with Gasteiger partial charge in [-0.05, 0) is 20.8 Å². The zero-order chi connectivity index (χ0) is 16.3. The third-order valence-electron chi connectivity index (χ3n) is 3.26. The Morgan fingerprint density at radius 2 is 1.67 bits per heavy atom. The number of nitrogens with two attached hydrogens (primary N) is 1. The van der Waals surface area contributed by atoms with E-state index in [4.69, 9.17) is 11.0 Å². The van der Waals surface area contributed by atoms with Crippen LogP contribution in [0.2, 0.25) is 0 Å². The summed E-state index contributed by atoms with van der Waals surface area (Å²) in [5, 5.41) is 31.7. The van der Waals surface area contributed by atoms with Gasteiger partial charge in [0.25, 0.3) is 0 Å². The molecule has 1 aromatic carbocycles. The molecular weight excluding hydrogens is 278 g/mol. The highest BCUT2D eigenvalue weighted by atomic mass is 16.6. The van der Waals surface area contributed by atoms with Crippen molar-refractivity contribution >= 4 is 22.7 Å². The number of nitrogens with zero attached hydrogens (tertiary/aromatic N) is 4. The standard InChI is InChI=1S/C12H15N5O4/c1-4-15(5-2)12-10(16(18)19)7(3)8(6-13)9(14)11(12)17(20)21/h4-5,14H2,1-3H3. The first kappa shape index (κ1) is 16.2. The maximum Gasteiger partial charge on any atom is 0.323 e. The Hall–Kier alpha value is -2.89. The largest absolute Gasteiger partial charge is 0.392 e. The van der Waals surface area contributed by atoms with E-state index < -0.39 is 21.2 Å². The molecule has 0 saturated heterocycles. The predicted molar refractivity (Wildman–Crippen MR) is 77.2 cm³/mol. The van der Waals surface area contributed by atoms with Crippen LogP contribution in [0.3, 0.4) is 0 Å². The van der Waals surface area contributed by atoms with Crippen LogP contribution in [0.25, 0.3) is 0 Å². The van der Waals surface area contributed by atoms with E-state index in [0.29, 0.717) is 13.1 Å². The van der Waals surface area contributed by atoms with Gasteiger partial charge >= 0.3 is 11.4 Å². The van der Waals surface area contributed by atoms with Crippen molar-refractivity contribution in [3.8, 4) is 6.07 Å². The molecule has 0 aliphatic heterocycles. The van der Waals surface area contributed by atoms with Gasteiger partial charge in [-0.15, -0.1) is 0 Å². The summed E-state index contributed by atoms with van der Waals surface area (Å²) < 4.78 is 0. The molecule has 0 unspecified atom stereocenters. The smallest absolute Gasteiger partial charge is 0.323 e. The summed E-state index contributed by atoms with van der Waals surface area (Å²) in [6.07, 6.45) is 0. The molecular formula is C12H15N5O4. The van der Waals surface area contributed by atoms with Crippen molar-refractivity contribution < 1.29 is 9.85 Å². The van der Waals surface area contributed by atoms with Crippen molar-refractivity contribution in [1.29, 1.82) is 5.26 Å². The second-order valence-corrected chi connectivity index (χ2v) is 4.26. The summed E-state index contributed by atoms with van der Waals surface area (Å²) in [6.45, 7) is 5.48. The average Bonchev–Trinajstić information content (AvgIpc) is 2.39. The van der Waals surface area contributed by atoms with E-state index in [0.717, 1.165) is 0 Å². The van der Waals surface area contributed by atoms with Gasteiger partial charge in [0.2, 0.25) is 0 Å². The first-order valence-corrected chi connectivity index (χ1v) is 6.21.